The van der Waals surface area contributed by atoms with Gasteiger partial charge in [-0.25, -0.2) is 0 Å². The summed E-state index contributed by atoms with van der Waals surface area (Å²) in [5.41, 5.74) is 2.68. The summed E-state index contributed by atoms with van der Waals surface area (Å²) in [6, 6.07) is 13.2. The maximum atomic E-state index is 12.5. The number of piperazine rings is 1. The summed E-state index contributed by atoms with van der Waals surface area (Å²) >= 11 is 9.57. The zero-order valence-corrected chi connectivity index (χ0v) is 18.1. The monoisotopic (exact) mass is 463 g/mol. The van der Waals surface area contributed by atoms with Crippen LogP contribution in [0.15, 0.2) is 46.9 Å². The van der Waals surface area contributed by atoms with Gasteiger partial charge in [0.15, 0.2) is 0 Å². The lowest BCUT2D eigenvalue weighted by atomic mass is 10.1. The minimum Gasteiger partial charge on any atom is -0.340 e. The third-order valence-electron chi connectivity index (χ3n) is 4.85. The van der Waals surface area contributed by atoms with E-state index in [9.17, 15) is 9.59 Å². The van der Waals surface area contributed by atoms with Gasteiger partial charge < -0.3 is 10.2 Å². The zero-order chi connectivity index (χ0) is 20.1. The van der Waals surface area contributed by atoms with Crippen molar-refractivity contribution < 1.29 is 9.59 Å². The van der Waals surface area contributed by atoms with E-state index in [1.54, 1.807) is 6.07 Å². The highest BCUT2D eigenvalue weighted by atomic mass is 79.9. The SMILES string of the molecule is Cc1cc(Br)ccc1NC(=O)CN1CCN(C(=O)Cc2ccccc2Cl)CC1. The first-order chi connectivity index (χ1) is 13.4. The van der Waals surface area contributed by atoms with E-state index >= 15 is 0 Å². The van der Waals surface area contributed by atoms with Gasteiger partial charge in [-0.2, -0.15) is 0 Å². The number of aryl methyl sites for hydroxylation is 1. The average Bonchev–Trinajstić information content (AvgIpc) is 2.66. The number of amides is 2. The fourth-order valence-corrected chi connectivity index (χ4v) is 3.91. The second-order valence-electron chi connectivity index (χ2n) is 6.93. The summed E-state index contributed by atoms with van der Waals surface area (Å²) in [6.45, 7) is 4.88. The van der Waals surface area contributed by atoms with Crippen molar-refractivity contribution in [1.82, 2.24) is 9.80 Å². The number of rotatable bonds is 5. The Morgan fingerprint density at radius 1 is 1.11 bits per heavy atom. The van der Waals surface area contributed by atoms with Crippen molar-refractivity contribution in [3.05, 3.63) is 63.1 Å². The summed E-state index contributed by atoms with van der Waals surface area (Å²) in [5, 5.41) is 3.58. The van der Waals surface area contributed by atoms with Gasteiger partial charge in [-0.05, 0) is 42.3 Å². The summed E-state index contributed by atoms with van der Waals surface area (Å²) in [5.74, 6) is 0.0314. The van der Waals surface area contributed by atoms with E-state index < -0.39 is 0 Å². The number of nitrogens with one attached hydrogen (secondary N) is 1. The number of halogens is 2. The number of anilines is 1. The molecular weight excluding hydrogens is 442 g/mol. The number of carbonyl (C=O) groups is 2. The van der Waals surface area contributed by atoms with Crippen LogP contribution in [0.1, 0.15) is 11.1 Å². The molecule has 0 aliphatic carbocycles. The fraction of sp³-hybridized carbons (Fsp3) is 0.333. The van der Waals surface area contributed by atoms with Crippen LogP contribution in [0.4, 0.5) is 5.69 Å². The van der Waals surface area contributed by atoms with Gasteiger partial charge in [0, 0.05) is 41.4 Å². The molecule has 1 heterocycles. The molecule has 0 atom stereocenters. The molecule has 0 saturated carbocycles. The Morgan fingerprint density at radius 3 is 2.50 bits per heavy atom. The molecule has 1 aliphatic heterocycles. The van der Waals surface area contributed by atoms with Gasteiger partial charge >= 0.3 is 0 Å². The lowest BCUT2D eigenvalue weighted by molar-refractivity contribution is -0.132. The molecule has 28 heavy (non-hydrogen) atoms. The lowest BCUT2D eigenvalue weighted by Crippen LogP contribution is -2.50. The molecule has 1 N–H and O–H groups in total. The minimum absolute atomic E-state index is 0.0405. The van der Waals surface area contributed by atoms with Gasteiger partial charge in [-0.3, -0.25) is 14.5 Å². The summed E-state index contributed by atoms with van der Waals surface area (Å²) in [7, 11) is 0. The minimum atomic E-state index is -0.0405. The fourth-order valence-electron chi connectivity index (χ4n) is 3.23. The van der Waals surface area contributed by atoms with Crippen LogP contribution < -0.4 is 5.32 Å². The molecule has 3 rings (SSSR count). The van der Waals surface area contributed by atoms with Crippen LogP contribution in [0.5, 0.6) is 0 Å². The van der Waals surface area contributed by atoms with Gasteiger partial charge in [0.1, 0.15) is 0 Å². The topological polar surface area (TPSA) is 52.7 Å². The van der Waals surface area contributed by atoms with E-state index in [1.165, 1.54) is 0 Å². The van der Waals surface area contributed by atoms with Crippen molar-refractivity contribution in [3.63, 3.8) is 0 Å². The second kappa shape index (κ2) is 9.54. The quantitative estimate of drug-likeness (QED) is 0.733. The zero-order valence-electron chi connectivity index (χ0n) is 15.8. The van der Waals surface area contributed by atoms with Gasteiger partial charge in [0.2, 0.25) is 11.8 Å². The molecule has 1 saturated heterocycles. The number of carbonyl (C=O) groups excluding carboxylic acids is 2. The predicted octanol–water partition coefficient (Wildman–Crippen LogP) is 3.74. The molecule has 2 aromatic carbocycles. The van der Waals surface area contributed by atoms with Crippen LogP contribution in [-0.4, -0.2) is 54.3 Å². The van der Waals surface area contributed by atoms with Gasteiger partial charge in [-0.1, -0.05) is 45.7 Å². The molecule has 7 heteroatoms. The Hall–Kier alpha value is -1.89. The first-order valence-corrected chi connectivity index (χ1v) is 10.4. The molecule has 2 aromatic rings. The highest BCUT2D eigenvalue weighted by molar-refractivity contribution is 9.10. The van der Waals surface area contributed by atoms with Crippen molar-refractivity contribution in [2.45, 2.75) is 13.3 Å². The van der Waals surface area contributed by atoms with Gasteiger partial charge in [-0.15, -0.1) is 0 Å². The highest BCUT2D eigenvalue weighted by Gasteiger charge is 2.23. The molecule has 1 fully saturated rings. The standard InChI is InChI=1S/C21H23BrClN3O2/c1-15-12-17(22)6-7-19(15)24-20(27)14-25-8-10-26(11-9-25)21(28)13-16-4-2-3-5-18(16)23/h2-7,12H,8-11,13-14H2,1H3,(H,24,27). The van der Waals surface area contributed by atoms with Crippen molar-refractivity contribution in [2.24, 2.45) is 0 Å². The van der Waals surface area contributed by atoms with Gasteiger partial charge in [0.25, 0.3) is 0 Å². The third kappa shape index (κ3) is 5.56. The van der Waals surface area contributed by atoms with Crippen LogP contribution in [0, 0.1) is 6.92 Å². The van der Waals surface area contributed by atoms with Crippen molar-refractivity contribution in [1.29, 1.82) is 0 Å². The molecule has 0 bridgehead atoms. The maximum Gasteiger partial charge on any atom is 0.238 e. The van der Waals surface area contributed by atoms with E-state index in [1.807, 2.05) is 48.2 Å². The predicted molar refractivity (Wildman–Crippen MR) is 116 cm³/mol. The van der Waals surface area contributed by atoms with E-state index in [-0.39, 0.29) is 11.8 Å². The van der Waals surface area contributed by atoms with E-state index in [2.05, 4.69) is 26.1 Å². The van der Waals surface area contributed by atoms with Crippen LogP contribution >= 0.6 is 27.5 Å². The maximum absolute atomic E-state index is 12.5. The molecule has 0 aromatic heterocycles. The third-order valence-corrected chi connectivity index (χ3v) is 5.72. The second-order valence-corrected chi connectivity index (χ2v) is 8.26. The van der Waals surface area contributed by atoms with Crippen molar-refractivity contribution in [3.8, 4) is 0 Å². The molecule has 0 spiro atoms. The average molecular weight is 465 g/mol. The number of hydrogen-bond donors (Lipinski definition) is 1. The normalized spacial score (nSPS) is 14.8. The van der Waals surface area contributed by atoms with Crippen molar-refractivity contribution in [2.75, 3.05) is 38.0 Å². The smallest absolute Gasteiger partial charge is 0.238 e. The van der Waals surface area contributed by atoms with Crippen LogP contribution in [-0.2, 0) is 16.0 Å². The molecule has 1 aliphatic rings. The Bertz CT molecular complexity index is 866. The molecule has 0 unspecified atom stereocenters. The number of hydrogen-bond acceptors (Lipinski definition) is 3. The van der Waals surface area contributed by atoms with E-state index in [0.717, 1.165) is 21.3 Å². The molecule has 2 amide bonds. The first-order valence-electron chi connectivity index (χ1n) is 9.22. The Labute approximate surface area is 178 Å². The lowest BCUT2D eigenvalue weighted by Gasteiger charge is -2.34. The van der Waals surface area contributed by atoms with Gasteiger partial charge in [0.05, 0.1) is 13.0 Å². The Balaban J connectivity index is 1.46. The largest absolute Gasteiger partial charge is 0.340 e. The highest BCUT2D eigenvalue weighted by Crippen LogP contribution is 2.20. The Morgan fingerprint density at radius 2 is 1.82 bits per heavy atom. The molecule has 5 nitrogen and oxygen atoms in total. The number of nitrogens with zero attached hydrogens (tertiary/aromatic N) is 2. The molecule has 0 radical (unpaired) electrons. The Kier molecular flexibility index (Phi) is 7.10. The molecular formula is C21H23BrClN3O2. The first kappa shape index (κ1) is 20.8. The summed E-state index contributed by atoms with van der Waals surface area (Å²) in [4.78, 5) is 28.8. The van der Waals surface area contributed by atoms with Crippen molar-refractivity contribution >= 4 is 45.0 Å². The molecule has 148 valence electrons. The van der Waals surface area contributed by atoms with Crippen LogP contribution in [0.3, 0.4) is 0 Å². The van der Waals surface area contributed by atoms with E-state index in [0.29, 0.717) is 44.2 Å². The van der Waals surface area contributed by atoms with Crippen LogP contribution in [0.25, 0.3) is 0 Å². The number of benzene rings is 2. The summed E-state index contributed by atoms with van der Waals surface area (Å²) in [6.07, 6.45) is 0.309. The van der Waals surface area contributed by atoms with Crippen LogP contribution in [0.2, 0.25) is 5.02 Å². The van der Waals surface area contributed by atoms with E-state index in [4.69, 9.17) is 11.6 Å². The summed E-state index contributed by atoms with van der Waals surface area (Å²) < 4.78 is 0.987.